The van der Waals surface area contributed by atoms with Crippen LogP contribution in [0.3, 0.4) is 0 Å². The molecule has 0 bridgehead atoms. The predicted molar refractivity (Wildman–Crippen MR) is 92.4 cm³/mol. The molecule has 0 spiro atoms. The first kappa shape index (κ1) is 15.3. The third kappa shape index (κ3) is 3.21. The van der Waals surface area contributed by atoms with Gasteiger partial charge in [-0.1, -0.05) is 0 Å². The molecule has 1 fully saturated rings. The Morgan fingerprint density at radius 3 is 2.76 bits per heavy atom. The fourth-order valence-corrected chi connectivity index (χ4v) is 2.50. The van der Waals surface area contributed by atoms with Gasteiger partial charge in [0, 0.05) is 23.8 Å². The Labute approximate surface area is 143 Å². The van der Waals surface area contributed by atoms with Crippen molar-refractivity contribution in [3.63, 3.8) is 0 Å². The molecule has 0 radical (unpaired) electrons. The fourth-order valence-electron chi connectivity index (χ4n) is 2.50. The molecule has 4 rings (SSSR count). The maximum absolute atomic E-state index is 11.7. The Balaban J connectivity index is 1.55. The number of benzene rings is 1. The minimum Gasteiger partial charge on any atom is -0.507 e. The molecule has 0 amide bonds. The molecule has 25 heavy (non-hydrogen) atoms. The van der Waals surface area contributed by atoms with E-state index < -0.39 is 5.63 Å². The average Bonchev–Trinajstić information content (AvgIpc) is 3.32. The summed E-state index contributed by atoms with van der Waals surface area (Å²) >= 11 is 0. The van der Waals surface area contributed by atoms with E-state index in [0.29, 0.717) is 23.2 Å². The summed E-state index contributed by atoms with van der Waals surface area (Å²) < 4.78 is 4.95. The van der Waals surface area contributed by atoms with Crippen molar-refractivity contribution in [1.29, 1.82) is 0 Å². The zero-order valence-corrected chi connectivity index (χ0v) is 13.6. The standard InChI is InChI=1S/C18H16N4O3/c1-10-8-15(23)14(18(24)25-10)9-19-13-6-4-12(5-7-13)17-20-16(21-22-17)11-2-3-11/h4-9,11,23H,2-3H2,1H3,(H,20,21,22). The number of aromatic hydroxyl groups is 1. The number of aryl methyl sites for hydroxylation is 1. The number of hydrogen-bond acceptors (Lipinski definition) is 6. The molecular formula is C18H16N4O3. The summed E-state index contributed by atoms with van der Waals surface area (Å²) in [5.74, 6) is 2.33. The summed E-state index contributed by atoms with van der Waals surface area (Å²) in [7, 11) is 0. The summed E-state index contributed by atoms with van der Waals surface area (Å²) in [6.45, 7) is 1.60. The maximum Gasteiger partial charge on any atom is 0.348 e. The highest BCUT2D eigenvalue weighted by atomic mass is 16.4. The first-order valence-electron chi connectivity index (χ1n) is 8.00. The molecule has 2 N–H and O–H groups in total. The smallest absolute Gasteiger partial charge is 0.348 e. The number of rotatable bonds is 4. The van der Waals surface area contributed by atoms with E-state index in [1.165, 1.54) is 25.1 Å². The molecule has 2 aromatic heterocycles. The SMILES string of the molecule is Cc1cc(O)c(C=Nc2ccc(-c3n[nH]c(C4CC4)n3)cc2)c(=O)o1. The van der Waals surface area contributed by atoms with Crippen molar-refractivity contribution in [3.8, 4) is 17.1 Å². The molecule has 0 unspecified atom stereocenters. The van der Waals surface area contributed by atoms with Crippen LogP contribution in [0.1, 0.15) is 35.9 Å². The van der Waals surface area contributed by atoms with Crippen LogP contribution in [-0.4, -0.2) is 26.5 Å². The van der Waals surface area contributed by atoms with E-state index in [1.54, 1.807) is 19.1 Å². The fraction of sp³-hybridized carbons (Fsp3) is 0.222. The lowest BCUT2D eigenvalue weighted by Crippen LogP contribution is -2.07. The highest BCUT2D eigenvalue weighted by molar-refractivity contribution is 5.84. The third-order valence-electron chi connectivity index (χ3n) is 4.02. The van der Waals surface area contributed by atoms with E-state index in [-0.39, 0.29) is 11.3 Å². The van der Waals surface area contributed by atoms with Crippen LogP contribution in [-0.2, 0) is 0 Å². The van der Waals surface area contributed by atoms with Crippen LogP contribution < -0.4 is 5.63 Å². The number of hydrogen-bond donors (Lipinski definition) is 2. The highest BCUT2D eigenvalue weighted by Crippen LogP contribution is 2.38. The first-order valence-corrected chi connectivity index (χ1v) is 8.00. The molecule has 0 aliphatic heterocycles. The van der Waals surface area contributed by atoms with Gasteiger partial charge in [0.05, 0.1) is 5.69 Å². The van der Waals surface area contributed by atoms with E-state index in [4.69, 9.17) is 4.42 Å². The Kier molecular flexibility index (Phi) is 3.68. The van der Waals surface area contributed by atoms with Gasteiger partial charge in [-0.3, -0.25) is 10.1 Å². The van der Waals surface area contributed by atoms with Gasteiger partial charge in [-0.25, -0.2) is 9.78 Å². The van der Waals surface area contributed by atoms with Crippen molar-refractivity contribution in [2.45, 2.75) is 25.7 Å². The zero-order chi connectivity index (χ0) is 17.4. The lowest BCUT2D eigenvalue weighted by atomic mass is 10.2. The monoisotopic (exact) mass is 336 g/mol. The second-order valence-electron chi connectivity index (χ2n) is 6.07. The Hall–Kier alpha value is -3.22. The molecule has 7 nitrogen and oxygen atoms in total. The lowest BCUT2D eigenvalue weighted by Gasteiger charge is -1.99. The van der Waals surface area contributed by atoms with Crippen molar-refractivity contribution >= 4 is 11.9 Å². The van der Waals surface area contributed by atoms with Gasteiger partial charge >= 0.3 is 5.63 Å². The van der Waals surface area contributed by atoms with Crippen molar-refractivity contribution in [3.05, 3.63) is 57.9 Å². The molecule has 1 saturated carbocycles. The molecule has 1 aliphatic carbocycles. The van der Waals surface area contributed by atoms with E-state index in [2.05, 4.69) is 20.2 Å². The molecular weight excluding hydrogens is 320 g/mol. The van der Waals surface area contributed by atoms with Crippen molar-refractivity contribution in [1.82, 2.24) is 15.2 Å². The predicted octanol–water partition coefficient (Wildman–Crippen LogP) is 3.07. The van der Waals surface area contributed by atoms with Crippen molar-refractivity contribution in [2.24, 2.45) is 4.99 Å². The summed E-state index contributed by atoms with van der Waals surface area (Å²) in [6, 6.07) is 8.71. The molecule has 1 aromatic carbocycles. The van der Waals surface area contributed by atoms with Gasteiger partial charge in [0.2, 0.25) is 0 Å². The minimum absolute atomic E-state index is 0.0257. The largest absolute Gasteiger partial charge is 0.507 e. The molecule has 126 valence electrons. The number of aromatic nitrogens is 3. The third-order valence-corrected chi connectivity index (χ3v) is 4.02. The Morgan fingerprint density at radius 1 is 1.32 bits per heavy atom. The summed E-state index contributed by atoms with van der Waals surface area (Å²) in [5.41, 5.74) is 0.935. The van der Waals surface area contributed by atoms with Gasteiger partial charge in [-0.15, -0.1) is 0 Å². The van der Waals surface area contributed by atoms with Crippen LogP contribution in [0.15, 0.2) is 44.5 Å². The van der Waals surface area contributed by atoms with Gasteiger partial charge in [0.15, 0.2) is 5.82 Å². The van der Waals surface area contributed by atoms with Crippen LogP contribution >= 0.6 is 0 Å². The second-order valence-corrected chi connectivity index (χ2v) is 6.07. The normalized spacial score (nSPS) is 14.3. The number of nitrogens with zero attached hydrogens (tertiary/aromatic N) is 3. The molecule has 0 atom stereocenters. The highest BCUT2D eigenvalue weighted by Gasteiger charge is 2.27. The Bertz CT molecular complexity index is 998. The van der Waals surface area contributed by atoms with E-state index >= 15 is 0 Å². The van der Waals surface area contributed by atoms with Crippen LogP contribution in [0.4, 0.5) is 5.69 Å². The van der Waals surface area contributed by atoms with Gasteiger partial charge in [0.1, 0.15) is 22.9 Å². The number of aliphatic imine (C=N–C) groups is 1. The quantitative estimate of drug-likeness (QED) is 0.713. The Morgan fingerprint density at radius 2 is 2.08 bits per heavy atom. The molecule has 0 saturated heterocycles. The second kappa shape index (κ2) is 6.01. The molecule has 2 heterocycles. The maximum atomic E-state index is 11.7. The number of nitrogens with one attached hydrogen (secondary N) is 1. The number of aromatic amines is 1. The summed E-state index contributed by atoms with van der Waals surface area (Å²) in [6.07, 6.45) is 3.64. The van der Waals surface area contributed by atoms with E-state index in [9.17, 15) is 9.90 Å². The molecule has 3 aromatic rings. The van der Waals surface area contributed by atoms with Gasteiger partial charge in [-0.2, -0.15) is 5.10 Å². The van der Waals surface area contributed by atoms with Crippen LogP contribution in [0.2, 0.25) is 0 Å². The molecule has 7 heteroatoms. The van der Waals surface area contributed by atoms with Crippen molar-refractivity contribution in [2.75, 3.05) is 0 Å². The summed E-state index contributed by atoms with van der Waals surface area (Å²) in [5, 5.41) is 17.0. The topological polar surface area (TPSA) is 104 Å². The van der Waals surface area contributed by atoms with E-state index in [0.717, 1.165) is 11.4 Å². The average molecular weight is 336 g/mol. The summed E-state index contributed by atoms with van der Waals surface area (Å²) in [4.78, 5) is 20.5. The van der Waals surface area contributed by atoms with Gasteiger partial charge < -0.3 is 9.52 Å². The van der Waals surface area contributed by atoms with Crippen molar-refractivity contribution < 1.29 is 9.52 Å². The molecule has 1 aliphatic rings. The minimum atomic E-state index is -0.619. The van der Waals surface area contributed by atoms with Gasteiger partial charge in [0.25, 0.3) is 0 Å². The van der Waals surface area contributed by atoms with Crippen LogP contribution in [0.5, 0.6) is 5.75 Å². The first-order chi connectivity index (χ1) is 12.1. The number of H-pyrrole nitrogens is 1. The van der Waals surface area contributed by atoms with E-state index in [1.807, 2.05) is 12.1 Å². The lowest BCUT2D eigenvalue weighted by molar-refractivity contribution is 0.433. The van der Waals surface area contributed by atoms with Crippen LogP contribution in [0, 0.1) is 6.92 Å². The zero-order valence-electron chi connectivity index (χ0n) is 13.6. The van der Waals surface area contributed by atoms with Crippen LogP contribution in [0.25, 0.3) is 11.4 Å². The van der Waals surface area contributed by atoms with Gasteiger partial charge in [-0.05, 0) is 44.0 Å².